The number of nitrogens with one attached hydrogen (secondary N) is 1. The lowest BCUT2D eigenvalue weighted by Gasteiger charge is -2.09. The zero-order valence-electron chi connectivity index (χ0n) is 12.4. The van der Waals surface area contributed by atoms with Gasteiger partial charge in [0.1, 0.15) is 9.77 Å². The van der Waals surface area contributed by atoms with Crippen LogP contribution in [-0.4, -0.2) is 39.3 Å². The van der Waals surface area contributed by atoms with E-state index in [1.165, 1.54) is 5.38 Å². The smallest absolute Gasteiger partial charge is 0.347 e. The summed E-state index contributed by atoms with van der Waals surface area (Å²) >= 11 is 0.912. The topological polar surface area (TPSA) is 92.7 Å². The fraction of sp³-hybridized carbons (Fsp3) is 0.615. The summed E-state index contributed by atoms with van der Waals surface area (Å²) in [5, 5.41) is 10.6. The Hall–Kier alpha value is -0.960. The van der Waals surface area contributed by atoms with Gasteiger partial charge in [-0.25, -0.2) is 17.9 Å². The van der Waals surface area contributed by atoms with Gasteiger partial charge in [-0.15, -0.1) is 11.3 Å². The van der Waals surface area contributed by atoms with Crippen LogP contribution < -0.4 is 4.72 Å². The van der Waals surface area contributed by atoms with Gasteiger partial charge in [-0.05, 0) is 30.2 Å². The van der Waals surface area contributed by atoms with Crippen molar-refractivity contribution in [3.05, 3.63) is 15.8 Å². The Morgan fingerprint density at radius 3 is 2.67 bits per heavy atom. The van der Waals surface area contributed by atoms with Crippen molar-refractivity contribution >= 4 is 27.3 Å². The highest BCUT2D eigenvalue weighted by molar-refractivity contribution is 7.89. The van der Waals surface area contributed by atoms with Crippen LogP contribution in [0.15, 0.2) is 10.3 Å². The summed E-state index contributed by atoms with van der Waals surface area (Å²) in [6.07, 6.45) is 0.916. The molecule has 0 radical (unpaired) electrons. The van der Waals surface area contributed by atoms with Gasteiger partial charge in [-0.3, -0.25) is 0 Å². The zero-order valence-corrected chi connectivity index (χ0v) is 14.0. The van der Waals surface area contributed by atoms with Gasteiger partial charge in [0.2, 0.25) is 10.0 Å². The number of thiophene rings is 1. The predicted molar refractivity (Wildman–Crippen MR) is 81.5 cm³/mol. The van der Waals surface area contributed by atoms with Gasteiger partial charge in [-0.2, -0.15) is 0 Å². The van der Waals surface area contributed by atoms with E-state index in [4.69, 9.17) is 9.84 Å². The second-order valence-electron chi connectivity index (χ2n) is 5.07. The fourth-order valence-electron chi connectivity index (χ4n) is 1.66. The average Bonchev–Trinajstić information content (AvgIpc) is 2.76. The molecule has 120 valence electrons. The molecule has 1 rings (SSSR count). The summed E-state index contributed by atoms with van der Waals surface area (Å²) < 4.78 is 32.0. The van der Waals surface area contributed by atoms with Gasteiger partial charge in [0.15, 0.2) is 0 Å². The van der Waals surface area contributed by atoms with E-state index < -0.39 is 16.0 Å². The molecular weight excluding hydrogens is 314 g/mol. The number of hydrogen-bond donors (Lipinski definition) is 2. The van der Waals surface area contributed by atoms with Crippen molar-refractivity contribution in [1.82, 2.24) is 4.72 Å². The van der Waals surface area contributed by atoms with Crippen LogP contribution in [-0.2, 0) is 14.8 Å². The number of carboxylic acid groups (broad SMARTS) is 1. The fourth-order valence-corrected chi connectivity index (χ4v) is 4.30. The minimum Gasteiger partial charge on any atom is -0.477 e. The second-order valence-corrected chi connectivity index (χ2v) is 7.66. The molecule has 0 atom stereocenters. The first-order valence-electron chi connectivity index (χ1n) is 6.64. The van der Waals surface area contributed by atoms with Gasteiger partial charge in [0.25, 0.3) is 0 Å². The molecule has 0 bridgehead atoms. The largest absolute Gasteiger partial charge is 0.477 e. The Balaban J connectivity index is 2.59. The average molecular weight is 335 g/mol. The SMILES string of the molecule is Cc1csc(C(=O)O)c1S(=O)(=O)NCCOCCC(C)C. The Morgan fingerprint density at radius 1 is 1.43 bits per heavy atom. The van der Waals surface area contributed by atoms with E-state index in [1.807, 2.05) is 0 Å². The molecule has 21 heavy (non-hydrogen) atoms. The monoisotopic (exact) mass is 335 g/mol. The first-order valence-corrected chi connectivity index (χ1v) is 9.00. The van der Waals surface area contributed by atoms with Crippen molar-refractivity contribution in [3.8, 4) is 0 Å². The van der Waals surface area contributed by atoms with Crippen LogP contribution in [0.5, 0.6) is 0 Å². The number of carboxylic acids is 1. The Labute approximate surface area is 129 Å². The summed E-state index contributed by atoms with van der Waals surface area (Å²) in [5.41, 5.74) is 0.436. The molecule has 0 aliphatic carbocycles. The van der Waals surface area contributed by atoms with E-state index in [0.29, 0.717) is 18.1 Å². The molecule has 0 saturated carbocycles. The highest BCUT2D eigenvalue weighted by Gasteiger charge is 2.26. The van der Waals surface area contributed by atoms with Crippen molar-refractivity contribution in [2.45, 2.75) is 32.1 Å². The van der Waals surface area contributed by atoms with Gasteiger partial charge in [0, 0.05) is 13.2 Å². The van der Waals surface area contributed by atoms with E-state index in [9.17, 15) is 13.2 Å². The van der Waals surface area contributed by atoms with E-state index in [0.717, 1.165) is 17.8 Å². The third-order valence-electron chi connectivity index (χ3n) is 2.76. The highest BCUT2D eigenvalue weighted by Crippen LogP contribution is 2.26. The van der Waals surface area contributed by atoms with Crippen molar-refractivity contribution in [1.29, 1.82) is 0 Å². The predicted octanol–water partition coefficient (Wildman–Crippen LogP) is 2.10. The highest BCUT2D eigenvalue weighted by atomic mass is 32.2. The molecular formula is C13H21NO5S2. The molecule has 1 aromatic heterocycles. The van der Waals surface area contributed by atoms with Crippen molar-refractivity contribution in [2.75, 3.05) is 19.8 Å². The lowest BCUT2D eigenvalue weighted by Crippen LogP contribution is -2.29. The summed E-state index contributed by atoms with van der Waals surface area (Å²) in [5.74, 6) is -0.699. The maximum absolute atomic E-state index is 12.2. The molecule has 0 amide bonds. The molecule has 0 spiro atoms. The van der Waals surface area contributed by atoms with Crippen molar-refractivity contribution in [3.63, 3.8) is 0 Å². The third kappa shape index (κ3) is 5.39. The number of carbonyl (C=O) groups is 1. The normalized spacial score (nSPS) is 12.0. The van der Waals surface area contributed by atoms with Crippen LogP contribution in [0.4, 0.5) is 0 Å². The molecule has 0 aliphatic rings. The lowest BCUT2D eigenvalue weighted by molar-refractivity contribution is 0.0698. The maximum atomic E-state index is 12.2. The van der Waals surface area contributed by atoms with Gasteiger partial charge >= 0.3 is 5.97 Å². The molecule has 0 saturated heterocycles. The second kappa shape index (κ2) is 7.88. The molecule has 0 unspecified atom stereocenters. The Morgan fingerprint density at radius 2 is 2.10 bits per heavy atom. The number of sulfonamides is 1. The van der Waals surface area contributed by atoms with Crippen molar-refractivity contribution < 1.29 is 23.1 Å². The first kappa shape index (κ1) is 18.1. The van der Waals surface area contributed by atoms with E-state index in [-0.39, 0.29) is 22.9 Å². The zero-order chi connectivity index (χ0) is 16.0. The summed E-state index contributed by atoms with van der Waals surface area (Å²) in [6.45, 7) is 6.71. The van der Waals surface area contributed by atoms with Crippen LogP contribution >= 0.6 is 11.3 Å². The summed E-state index contributed by atoms with van der Waals surface area (Å²) in [6, 6.07) is 0. The molecule has 1 aromatic rings. The van der Waals surface area contributed by atoms with Crippen LogP contribution in [0.25, 0.3) is 0 Å². The summed E-state index contributed by atoms with van der Waals surface area (Å²) in [4.78, 5) is 10.7. The van der Waals surface area contributed by atoms with E-state index in [1.54, 1.807) is 6.92 Å². The molecule has 0 aliphatic heterocycles. The van der Waals surface area contributed by atoms with Gasteiger partial charge in [0.05, 0.1) is 6.61 Å². The van der Waals surface area contributed by atoms with E-state index >= 15 is 0 Å². The molecule has 8 heteroatoms. The number of aryl methyl sites for hydroxylation is 1. The van der Waals surface area contributed by atoms with Crippen LogP contribution in [0.2, 0.25) is 0 Å². The number of hydrogen-bond acceptors (Lipinski definition) is 5. The number of rotatable bonds is 9. The molecule has 0 aromatic carbocycles. The summed E-state index contributed by atoms with van der Waals surface area (Å²) in [7, 11) is -3.83. The molecule has 6 nitrogen and oxygen atoms in total. The quantitative estimate of drug-likeness (QED) is 0.674. The number of ether oxygens (including phenoxy) is 1. The van der Waals surface area contributed by atoms with Crippen LogP contribution in [0.3, 0.4) is 0 Å². The van der Waals surface area contributed by atoms with Crippen LogP contribution in [0, 0.1) is 12.8 Å². The van der Waals surface area contributed by atoms with Crippen LogP contribution in [0.1, 0.15) is 35.5 Å². The lowest BCUT2D eigenvalue weighted by atomic mass is 10.1. The molecule has 1 heterocycles. The standard InChI is InChI=1S/C13H21NO5S2/c1-9(2)4-6-19-7-5-14-21(17,18)12-10(3)8-20-11(12)13(15)16/h8-9,14H,4-7H2,1-3H3,(H,15,16). The van der Waals surface area contributed by atoms with Crippen molar-refractivity contribution in [2.24, 2.45) is 5.92 Å². The minimum absolute atomic E-state index is 0.120. The molecule has 0 fully saturated rings. The van der Waals surface area contributed by atoms with Gasteiger partial charge in [-0.1, -0.05) is 13.8 Å². The van der Waals surface area contributed by atoms with Gasteiger partial charge < -0.3 is 9.84 Å². The number of aromatic carboxylic acids is 1. The maximum Gasteiger partial charge on any atom is 0.347 e. The first-order chi connectivity index (χ1) is 9.75. The Bertz CT molecular complexity index is 577. The minimum atomic E-state index is -3.83. The molecule has 2 N–H and O–H groups in total. The third-order valence-corrected chi connectivity index (χ3v) is 5.62. The Kier molecular flexibility index (Phi) is 6.79. The van der Waals surface area contributed by atoms with E-state index in [2.05, 4.69) is 18.6 Å².